The van der Waals surface area contributed by atoms with Crippen molar-refractivity contribution >= 4 is 22.6 Å². The zero-order valence-corrected chi connectivity index (χ0v) is 22.8. The Morgan fingerprint density at radius 2 is 1.82 bits per heavy atom. The van der Waals surface area contributed by atoms with Gasteiger partial charge in [0.05, 0.1) is 0 Å². The van der Waals surface area contributed by atoms with Crippen LogP contribution in [0.3, 0.4) is 0 Å². The average molecular weight is 520 g/mol. The van der Waals surface area contributed by atoms with Crippen molar-refractivity contribution in [3.63, 3.8) is 0 Å². The van der Waals surface area contributed by atoms with Crippen molar-refractivity contribution < 1.29 is 4.52 Å². The molecule has 3 aromatic rings. The molecule has 0 radical (unpaired) electrons. The SMILES string of the molecule is C=C(c1nc2nc(-c3noc(=O)[nH]3)nc(N[C@H](C)C3CCC3)c2n1C[C@H]1CC[C@H](C)CC1)C1CCCCC1. The van der Waals surface area contributed by atoms with E-state index in [1.807, 2.05) is 0 Å². The van der Waals surface area contributed by atoms with Crippen molar-refractivity contribution in [2.75, 3.05) is 5.32 Å². The molecule has 9 nitrogen and oxygen atoms in total. The lowest BCUT2D eigenvalue weighted by Crippen LogP contribution is -2.31. The molecule has 2 N–H and O–H groups in total. The Hall–Kier alpha value is -2.97. The first-order chi connectivity index (χ1) is 18.5. The predicted octanol–water partition coefficient (Wildman–Crippen LogP) is 6.19. The highest BCUT2D eigenvalue weighted by molar-refractivity contribution is 5.87. The number of H-pyrrole nitrogens is 1. The van der Waals surface area contributed by atoms with Gasteiger partial charge in [-0.15, -0.1) is 0 Å². The van der Waals surface area contributed by atoms with Crippen LogP contribution >= 0.6 is 0 Å². The molecule has 3 aromatic heterocycles. The molecule has 3 heterocycles. The monoisotopic (exact) mass is 519 g/mol. The molecule has 1 atom stereocenters. The number of nitrogens with zero attached hydrogens (tertiary/aromatic N) is 5. The Labute approximate surface area is 223 Å². The number of imidazole rings is 1. The van der Waals surface area contributed by atoms with Crippen LogP contribution in [0.5, 0.6) is 0 Å². The molecule has 0 amide bonds. The Bertz CT molecular complexity index is 1340. The van der Waals surface area contributed by atoms with Crippen LogP contribution in [0.4, 0.5) is 5.82 Å². The molecule has 0 aromatic carbocycles. The summed E-state index contributed by atoms with van der Waals surface area (Å²) in [6.45, 7) is 10.1. The molecule has 38 heavy (non-hydrogen) atoms. The molecule has 0 aliphatic heterocycles. The Morgan fingerprint density at radius 3 is 2.47 bits per heavy atom. The van der Waals surface area contributed by atoms with Gasteiger partial charge in [0.2, 0.25) is 11.6 Å². The summed E-state index contributed by atoms with van der Waals surface area (Å²) in [7, 11) is 0. The van der Waals surface area contributed by atoms with Gasteiger partial charge in [-0.25, -0.2) is 19.7 Å². The number of hydrogen-bond acceptors (Lipinski definition) is 7. The van der Waals surface area contributed by atoms with Crippen molar-refractivity contribution in [3.05, 3.63) is 23.0 Å². The molecule has 3 saturated carbocycles. The third-order valence-corrected chi connectivity index (χ3v) is 9.44. The molecule has 0 saturated heterocycles. The van der Waals surface area contributed by atoms with Crippen molar-refractivity contribution in [3.8, 4) is 11.6 Å². The number of aromatic nitrogens is 6. The van der Waals surface area contributed by atoms with E-state index in [2.05, 4.69) is 40.5 Å². The van der Waals surface area contributed by atoms with Crippen LogP contribution in [0.25, 0.3) is 28.4 Å². The highest BCUT2D eigenvalue weighted by Gasteiger charge is 2.30. The summed E-state index contributed by atoms with van der Waals surface area (Å²) >= 11 is 0. The van der Waals surface area contributed by atoms with E-state index in [0.717, 1.165) is 35.2 Å². The highest BCUT2D eigenvalue weighted by atomic mass is 16.5. The number of rotatable bonds is 8. The van der Waals surface area contributed by atoms with Gasteiger partial charge in [0.15, 0.2) is 11.5 Å². The number of fused-ring (bicyclic) bond motifs is 1. The average Bonchev–Trinajstić information content (AvgIpc) is 3.48. The fourth-order valence-electron chi connectivity index (χ4n) is 6.67. The normalized spacial score (nSPS) is 23.8. The first-order valence-electron chi connectivity index (χ1n) is 14.8. The molecule has 3 fully saturated rings. The van der Waals surface area contributed by atoms with Gasteiger partial charge in [0, 0.05) is 12.6 Å². The summed E-state index contributed by atoms with van der Waals surface area (Å²) in [6.07, 6.45) is 14.9. The lowest BCUT2D eigenvalue weighted by atomic mass is 9.80. The molecule has 3 aliphatic rings. The smallest absolute Gasteiger partial charge is 0.365 e. The van der Waals surface area contributed by atoms with Crippen LogP contribution < -0.4 is 11.1 Å². The number of allylic oxidation sites excluding steroid dienone is 1. The summed E-state index contributed by atoms with van der Waals surface area (Å²) in [6, 6.07) is 0.273. The van der Waals surface area contributed by atoms with E-state index >= 15 is 0 Å². The Balaban J connectivity index is 1.47. The van der Waals surface area contributed by atoms with Gasteiger partial charge < -0.3 is 9.88 Å². The van der Waals surface area contributed by atoms with Crippen LogP contribution in [-0.4, -0.2) is 35.7 Å². The molecular weight excluding hydrogens is 478 g/mol. The molecular formula is C29H41N7O2. The third kappa shape index (κ3) is 5.04. The second-order valence-electron chi connectivity index (χ2n) is 12.2. The summed E-state index contributed by atoms with van der Waals surface area (Å²) in [5, 5.41) is 7.59. The van der Waals surface area contributed by atoms with E-state index in [1.54, 1.807) is 0 Å². The first-order valence-corrected chi connectivity index (χ1v) is 14.8. The van der Waals surface area contributed by atoms with Gasteiger partial charge in [-0.1, -0.05) is 57.2 Å². The van der Waals surface area contributed by atoms with Crippen LogP contribution in [0, 0.1) is 23.7 Å². The minimum absolute atomic E-state index is 0.222. The summed E-state index contributed by atoms with van der Waals surface area (Å²) in [5.74, 6) is 4.11. The fraction of sp³-hybridized carbons (Fsp3) is 0.690. The Kier molecular flexibility index (Phi) is 7.10. The predicted molar refractivity (Wildman–Crippen MR) is 149 cm³/mol. The third-order valence-electron chi connectivity index (χ3n) is 9.44. The zero-order valence-electron chi connectivity index (χ0n) is 22.8. The van der Waals surface area contributed by atoms with Crippen LogP contribution in [0.1, 0.15) is 96.7 Å². The quantitative estimate of drug-likeness (QED) is 0.365. The molecule has 0 spiro atoms. The molecule has 3 aliphatic carbocycles. The summed E-state index contributed by atoms with van der Waals surface area (Å²) in [4.78, 5) is 29.2. The molecule has 204 valence electrons. The van der Waals surface area contributed by atoms with Crippen LogP contribution in [0.15, 0.2) is 15.9 Å². The maximum atomic E-state index is 11.7. The maximum absolute atomic E-state index is 11.7. The minimum Gasteiger partial charge on any atom is -0.365 e. The van der Waals surface area contributed by atoms with E-state index < -0.39 is 5.76 Å². The fourth-order valence-corrected chi connectivity index (χ4v) is 6.67. The lowest BCUT2D eigenvalue weighted by Gasteiger charge is -2.32. The first kappa shape index (κ1) is 25.3. The number of aromatic amines is 1. The molecule has 6 rings (SSSR count). The van der Waals surface area contributed by atoms with Gasteiger partial charge in [0.1, 0.15) is 11.3 Å². The second-order valence-corrected chi connectivity index (χ2v) is 12.2. The Morgan fingerprint density at radius 1 is 1.05 bits per heavy atom. The van der Waals surface area contributed by atoms with E-state index in [-0.39, 0.29) is 11.9 Å². The second kappa shape index (κ2) is 10.7. The van der Waals surface area contributed by atoms with Gasteiger partial charge >= 0.3 is 5.76 Å². The van der Waals surface area contributed by atoms with Crippen molar-refractivity contribution in [1.82, 2.24) is 29.7 Å². The number of nitrogens with one attached hydrogen (secondary N) is 2. The highest BCUT2D eigenvalue weighted by Crippen LogP contribution is 2.39. The molecule has 0 bridgehead atoms. The van der Waals surface area contributed by atoms with Crippen LogP contribution in [0.2, 0.25) is 0 Å². The standard InChI is InChI=1S/C29H41N7O2/c1-17-12-14-20(15-13-17)16-36-23-24(30-19(3)22-10-7-11-22)31-26(27-34-29(37)38-35-27)32-25(23)33-28(36)18(2)21-8-5-4-6-9-21/h17,19-22H,2,4-16H2,1,3H3,(H,30,31,32)(H,34,35,37)/t17-,19-,20-/m1/s1. The van der Waals surface area contributed by atoms with E-state index in [4.69, 9.17) is 19.5 Å². The summed E-state index contributed by atoms with van der Waals surface area (Å²) < 4.78 is 7.14. The molecule has 0 unspecified atom stereocenters. The lowest BCUT2D eigenvalue weighted by molar-refractivity contribution is 0.265. The number of hydrogen-bond donors (Lipinski definition) is 2. The van der Waals surface area contributed by atoms with Crippen molar-refractivity contribution in [2.24, 2.45) is 23.7 Å². The molecule has 9 heteroatoms. The van der Waals surface area contributed by atoms with Crippen molar-refractivity contribution in [2.45, 2.75) is 103 Å². The van der Waals surface area contributed by atoms with E-state index in [9.17, 15) is 4.79 Å². The van der Waals surface area contributed by atoms with Crippen molar-refractivity contribution in [1.29, 1.82) is 0 Å². The van der Waals surface area contributed by atoms with E-state index in [1.165, 1.54) is 77.0 Å². The summed E-state index contributed by atoms with van der Waals surface area (Å²) in [5.41, 5.74) is 2.69. The van der Waals surface area contributed by atoms with Gasteiger partial charge in [-0.05, 0) is 74.7 Å². The van der Waals surface area contributed by atoms with Gasteiger partial charge in [-0.3, -0.25) is 9.51 Å². The largest absolute Gasteiger partial charge is 0.439 e. The minimum atomic E-state index is -0.621. The van der Waals surface area contributed by atoms with Crippen LogP contribution in [-0.2, 0) is 6.54 Å². The van der Waals surface area contributed by atoms with Gasteiger partial charge in [0.25, 0.3) is 0 Å². The topological polar surface area (TPSA) is 115 Å². The number of anilines is 1. The zero-order chi connectivity index (χ0) is 26.2. The van der Waals surface area contributed by atoms with E-state index in [0.29, 0.717) is 29.2 Å². The maximum Gasteiger partial charge on any atom is 0.439 e. The van der Waals surface area contributed by atoms with Gasteiger partial charge in [-0.2, -0.15) is 0 Å².